The summed E-state index contributed by atoms with van der Waals surface area (Å²) in [6.07, 6.45) is 10.2. The lowest BCUT2D eigenvalue weighted by Gasteiger charge is -2.16. The van der Waals surface area contributed by atoms with Crippen LogP contribution in [0.3, 0.4) is 0 Å². The summed E-state index contributed by atoms with van der Waals surface area (Å²) in [6.45, 7) is 2.36. The minimum absolute atomic E-state index is 0.153. The van der Waals surface area contributed by atoms with Gasteiger partial charge in [-0.25, -0.2) is 14.2 Å². The first-order chi connectivity index (χ1) is 12.7. The van der Waals surface area contributed by atoms with Crippen molar-refractivity contribution < 1.29 is 4.79 Å². The molecule has 26 heavy (non-hydrogen) atoms. The largest absolute Gasteiger partial charge is 0.309 e. The van der Waals surface area contributed by atoms with E-state index < -0.39 is 5.92 Å². The smallest absolute Gasteiger partial charge is 0.244 e. The van der Waals surface area contributed by atoms with Gasteiger partial charge in [0.1, 0.15) is 18.1 Å². The number of amides is 1. The first-order valence-electron chi connectivity index (χ1n) is 8.74. The molecule has 2 aliphatic rings. The zero-order chi connectivity index (χ0) is 18.1. The van der Waals surface area contributed by atoms with Gasteiger partial charge in [0.05, 0.1) is 29.2 Å². The van der Waals surface area contributed by atoms with Crippen molar-refractivity contribution in [2.45, 2.75) is 32.6 Å². The van der Waals surface area contributed by atoms with Crippen molar-refractivity contribution in [2.24, 2.45) is 5.92 Å². The second kappa shape index (κ2) is 6.59. The average molecular weight is 349 g/mol. The highest BCUT2D eigenvalue weighted by Gasteiger charge is 2.33. The standard InChI is InChI=1S/C15H13N7O.C3H6/c1-10-17-9-22(19-10)12-6-14-13(2-4-18-21(14)8-12)20-5-3-11(7-16)15(20)23;1-2-3-1/h2,4,6,8-9,11H,3,5H2,1H3;1-3H2. The van der Waals surface area contributed by atoms with Crippen molar-refractivity contribution >= 4 is 17.1 Å². The third kappa shape index (κ3) is 3.04. The van der Waals surface area contributed by atoms with Crippen molar-refractivity contribution in [1.82, 2.24) is 24.4 Å². The molecule has 3 aromatic rings. The summed E-state index contributed by atoms with van der Waals surface area (Å²) in [7, 11) is 0. The van der Waals surface area contributed by atoms with Gasteiger partial charge in [0.25, 0.3) is 0 Å². The Morgan fingerprint density at radius 1 is 1.31 bits per heavy atom. The molecule has 1 saturated carbocycles. The molecule has 1 atom stereocenters. The van der Waals surface area contributed by atoms with Crippen LogP contribution in [0.2, 0.25) is 0 Å². The van der Waals surface area contributed by atoms with Gasteiger partial charge in [0.2, 0.25) is 5.91 Å². The van der Waals surface area contributed by atoms with Gasteiger partial charge in [0.15, 0.2) is 0 Å². The number of anilines is 1. The van der Waals surface area contributed by atoms with Gasteiger partial charge in [-0.3, -0.25) is 4.79 Å². The maximum absolute atomic E-state index is 12.3. The molecule has 0 spiro atoms. The Morgan fingerprint density at radius 3 is 2.73 bits per heavy atom. The van der Waals surface area contributed by atoms with Crippen LogP contribution in [0.5, 0.6) is 0 Å². The van der Waals surface area contributed by atoms with Crippen molar-refractivity contribution in [2.75, 3.05) is 11.4 Å². The van der Waals surface area contributed by atoms with Gasteiger partial charge in [-0.05, 0) is 25.5 Å². The van der Waals surface area contributed by atoms with E-state index in [1.165, 1.54) is 19.3 Å². The van der Waals surface area contributed by atoms with E-state index in [4.69, 9.17) is 5.26 Å². The average Bonchev–Trinajstić information content (AvgIpc) is 3.23. The topological polar surface area (TPSA) is 92.1 Å². The lowest BCUT2D eigenvalue weighted by Crippen LogP contribution is -2.27. The Kier molecular flexibility index (Phi) is 4.13. The lowest BCUT2D eigenvalue weighted by molar-refractivity contribution is -0.118. The van der Waals surface area contributed by atoms with E-state index in [-0.39, 0.29) is 5.91 Å². The number of hydrogen-bond acceptors (Lipinski definition) is 5. The zero-order valence-electron chi connectivity index (χ0n) is 14.5. The molecule has 1 aliphatic carbocycles. The Hall–Kier alpha value is -3.21. The molecule has 0 aromatic carbocycles. The number of fused-ring (bicyclic) bond motifs is 1. The molecule has 1 unspecified atom stereocenters. The summed E-state index contributed by atoms with van der Waals surface area (Å²) >= 11 is 0. The van der Waals surface area contributed by atoms with E-state index in [1.54, 1.807) is 32.7 Å². The Balaban J connectivity index is 0.000000510. The maximum atomic E-state index is 12.3. The molecule has 8 heteroatoms. The number of aromatic nitrogens is 5. The van der Waals surface area contributed by atoms with Crippen LogP contribution < -0.4 is 4.90 Å². The number of nitrogens with zero attached hydrogens (tertiary/aromatic N) is 7. The van der Waals surface area contributed by atoms with E-state index in [0.29, 0.717) is 18.8 Å². The Morgan fingerprint density at radius 2 is 2.12 bits per heavy atom. The molecule has 5 rings (SSSR count). The number of carbonyl (C=O) groups excluding carboxylic acids is 1. The lowest BCUT2D eigenvalue weighted by atomic mass is 10.1. The quantitative estimate of drug-likeness (QED) is 0.708. The van der Waals surface area contributed by atoms with Gasteiger partial charge < -0.3 is 4.90 Å². The van der Waals surface area contributed by atoms with Crippen molar-refractivity contribution in [3.63, 3.8) is 0 Å². The second-order valence-corrected chi connectivity index (χ2v) is 6.50. The van der Waals surface area contributed by atoms with Crippen LogP contribution in [0.25, 0.3) is 11.2 Å². The van der Waals surface area contributed by atoms with E-state index in [0.717, 1.165) is 16.9 Å². The summed E-state index contributed by atoms with van der Waals surface area (Å²) in [5.74, 6) is -0.0319. The minimum Gasteiger partial charge on any atom is -0.309 e. The molecule has 0 bridgehead atoms. The first-order valence-corrected chi connectivity index (χ1v) is 8.74. The van der Waals surface area contributed by atoms with E-state index in [1.807, 2.05) is 19.2 Å². The summed E-state index contributed by atoms with van der Waals surface area (Å²) < 4.78 is 3.37. The predicted molar refractivity (Wildman–Crippen MR) is 94.8 cm³/mol. The van der Waals surface area contributed by atoms with Crippen molar-refractivity contribution in [3.05, 3.63) is 36.7 Å². The molecule has 4 heterocycles. The number of carbonyl (C=O) groups is 1. The van der Waals surface area contributed by atoms with Gasteiger partial charge in [-0.1, -0.05) is 19.3 Å². The maximum Gasteiger partial charge on any atom is 0.244 e. The summed E-state index contributed by atoms with van der Waals surface area (Å²) in [4.78, 5) is 18.1. The SMILES string of the molecule is C1CC1.Cc1ncn(-c2cc3c(N4CCC(C#N)C4=O)ccnn3c2)n1. The molecule has 1 amide bonds. The molecule has 0 radical (unpaired) electrons. The Labute approximate surface area is 150 Å². The van der Waals surface area contributed by atoms with Crippen LogP contribution in [0.4, 0.5) is 5.69 Å². The molecule has 1 aliphatic heterocycles. The fourth-order valence-corrected chi connectivity index (χ4v) is 2.85. The molecule has 3 aromatic heterocycles. The van der Waals surface area contributed by atoms with Crippen LogP contribution in [0.15, 0.2) is 30.9 Å². The van der Waals surface area contributed by atoms with Gasteiger partial charge in [0, 0.05) is 12.7 Å². The molecule has 132 valence electrons. The number of aryl methyl sites for hydroxylation is 1. The second-order valence-electron chi connectivity index (χ2n) is 6.50. The van der Waals surface area contributed by atoms with Crippen molar-refractivity contribution in [3.8, 4) is 11.8 Å². The van der Waals surface area contributed by atoms with Gasteiger partial charge in [-0.2, -0.15) is 15.5 Å². The van der Waals surface area contributed by atoms with Gasteiger partial charge >= 0.3 is 0 Å². The number of nitriles is 1. The van der Waals surface area contributed by atoms with E-state index in [2.05, 4.69) is 21.3 Å². The van der Waals surface area contributed by atoms with Crippen LogP contribution in [0, 0.1) is 24.2 Å². The highest BCUT2D eigenvalue weighted by molar-refractivity contribution is 6.02. The van der Waals surface area contributed by atoms with E-state index in [9.17, 15) is 4.79 Å². The first kappa shape index (κ1) is 16.3. The van der Waals surface area contributed by atoms with Crippen LogP contribution >= 0.6 is 0 Å². The normalized spacial score (nSPS) is 18.5. The highest BCUT2D eigenvalue weighted by atomic mass is 16.2. The molecule has 1 saturated heterocycles. The zero-order valence-corrected chi connectivity index (χ0v) is 14.5. The molecular weight excluding hydrogens is 330 g/mol. The van der Waals surface area contributed by atoms with Crippen LogP contribution in [0.1, 0.15) is 31.5 Å². The fourth-order valence-electron chi connectivity index (χ4n) is 2.85. The monoisotopic (exact) mass is 349 g/mol. The highest BCUT2D eigenvalue weighted by Crippen LogP contribution is 2.29. The molecule has 0 N–H and O–H groups in total. The van der Waals surface area contributed by atoms with Crippen molar-refractivity contribution in [1.29, 1.82) is 5.26 Å². The predicted octanol–water partition coefficient (Wildman–Crippen LogP) is 2.27. The molecule has 2 fully saturated rings. The third-order valence-electron chi connectivity index (χ3n) is 4.35. The Bertz CT molecular complexity index is 992. The minimum atomic E-state index is -0.560. The van der Waals surface area contributed by atoms with Crippen LogP contribution in [-0.2, 0) is 4.79 Å². The third-order valence-corrected chi connectivity index (χ3v) is 4.35. The number of rotatable bonds is 2. The number of hydrogen-bond donors (Lipinski definition) is 0. The summed E-state index contributed by atoms with van der Waals surface area (Å²) in [6, 6.07) is 5.76. The molecular formula is C18H19N7O. The molecule has 8 nitrogen and oxygen atoms in total. The van der Waals surface area contributed by atoms with E-state index >= 15 is 0 Å². The van der Waals surface area contributed by atoms with Gasteiger partial charge in [-0.15, -0.1) is 0 Å². The fraction of sp³-hybridized carbons (Fsp3) is 0.389. The van der Waals surface area contributed by atoms with Crippen LogP contribution in [-0.4, -0.2) is 36.8 Å². The summed E-state index contributed by atoms with van der Waals surface area (Å²) in [5, 5.41) is 17.6. The summed E-state index contributed by atoms with van der Waals surface area (Å²) in [5.41, 5.74) is 2.36.